The second kappa shape index (κ2) is 6.93. The van der Waals surface area contributed by atoms with Crippen molar-refractivity contribution in [1.29, 1.82) is 0 Å². The Hall–Kier alpha value is -2.56. The van der Waals surface area contributed by atoms with Gasteiger partial charge < -0.3 is 14.5 Å². The van der Waals surface area contributed by atoms with Crippen molar-refractivity contribution in [2.75, 3.05) is 13.2 Å². The molecule has 5 heteroatoms. The monoisotopic (exact) mass is 301 g/mol. The summed E-state index contributed by atoms with van der Waals surface area (Å²) >= 11 is 0. The van der Waals surface area contributed by atoms with Crippen LogP contribution < -0.4 is 10.3 Å². The number of rotatable bonds is 5. The average molecular weight is 301 g/mol. The topological polar surface area (TPSA) is 68.4 Å². The molecule has 0 saturated heterocycles. The van der Waals surface area contributed by atoms with Crippen LogP contribution in [-0.2, 0) is 9.53 Å². The Labute approximate surface area is 128 Å². The maximum Gasteiger partial charge on any atom is 0.344 e. The minimum atomic E-state index is -0.390. The number of benzene rings is 1. The van der Waals surface area contributed by atoms with Crippen LogP contribution in [0, 0.1) is 13.8 Å². The van der Waals surface area contributed by atoms with Crippen LogP contribution in [-0.4, -0.2) is 24.2 Å². The van der Waals surface area contributed by atoms with Crippen LogP contribution in [0.3, 0.4) is 0 Å². The van der Waals surface area contributed by atoms with E-state index < -0.39 is 5.97 Å². The number of H-pyrrole nitrogens is 1. The molecule has 116 valence electrons. The molecule has 1 aromatic heterocycles. The van der Waals surface area contributed by atoms with Crippen molar-refractivity contribution in [3.05, 3.63) is 51.9 Å². The highest BCUT2D eigenvalue weighted by Crippen LogP contribution is 2.24. The molecule has 1 heterocycles. The second-order valence-corrected chi connectivity index (χ2v) is 4.94. The summed E-state index contributed by atoms with van der Waals surface area (Å²) < 4.78 is 10.2. The van der Waals surface area contributed by atoms with E-state index in [0.29, 0.717) is 17.9 Å². The van der Waals surface area contributed by atoms with E-state index in [4.69, 9.17) is 9.47 Å². The van der Waals surface area contributed by atoms with Crippen LogP contribution in [0.2, 0.25) is 0 Å². The van der Waals surface area contributed by atoms with Crippen LogP contribution in [0.15, 0.2) is 35.1 Å². The third kappa shape index (κ3) is 3.75. The average Bonchev–Trinajstić information content (AvgIpc) is 2.50. The molecule has 0 bridgehead atoms. The van der Waals surface area contributed by atoms with Gasteiger partial charge in [0, 0.05) is 16.8 Å². The first kappa shape index (κ1) is 15.8. The zero-order chi connectivity index (χ0) is 16.1. The third-order valence-electron chi connectivity index (χ3n) is 3.25. The molecule has 0 saturated carbocycles. The van der Waals surface area contributed by atoms with Gasteiger partial charge in [-0.3, -0.25) is 4.79 Å². The van der Waals surface area contributed by atoms with Gasteiger partial charge in [-0.15, -0.1) is 0 Å². The van der Waals surface area contributed by atoms with E-state index in [1.54, 1.807) is 26.0 Å². The predicted octanol–water partition coefficient (Wildman–Crippen LogP) is 2.60. The van der Waals surface area contributed by atoms with Gasteiger partial charge in [0.15, 0.2) is 6.61 Å². The van der Waals surface area contributed by atoms with Crippen LogP contribution in [0.1, 0.15) is 18.2 Å². The minimum Gasteiger partial charge on any atom is -0.482 e. The Bertz CT molecular complexity index is 716. The zero-order valence-electron chi connectivity index (χ0n) is 12.9. The van der Waals surface area contributed by atoms with E-state index >= 15 is 0 Å². The fourth-order valence-corrected chi connectivity index (χ4v) is 2.10. The summed E-state index contributed by atoms with van der Waals surface area (Å²) in [6.45, 7) is 5.62. The van der Waals surface area contributed by atoms with Crippen LogP contribution in [0.5, 0.6) is 5.75 Å². The molecule has 0 aliphatic heterocycles. The van der Waals surface area contributed by atoms with E-state index in [-0.39, 0.29) is 12.2 Å². The number of hydrogen-bond donors (Lipinski definition) is 1. The molecule has 22 heavy (non-hydrogen) atoms. The van der Waals surface area contributed by atoms with Gasteiger partial charge in [0.1, 0.15) is 5.75 Å². The van der Waals surface area contributed by atoms with Gasteiger partial charge in [-0.2, -0.15) is 0 Å². The lowest BCUT2D eigenvalue weighted by atomic mass is 10.0. The molecule has 0 unspecified atom stereocenters. The van der Waals surface area contributed by atoms with Gasteiger partial charge in [-0.25, -0.2) is 4.79 Å². The summed E-state index contributed by atoms with van der Waals surface area (Å²) in [6, 6.07) is 9.21. The molecule has 0 spiro atoms. The van der Waals surface area contributed by atoms with E-state index in [2.05, 4.69) is 4.98 Å². The van der Waals surface area contributed by atoms with Crippen molar-refractivity contribution in [3.8, 4) is 16.9 Å². The van der Waals surface area contributed by atoms with Gasteiger partial charge in [-0.1, -0.05) is 12.1 Å². The van der Waals surface area contributed by atoms with Crippen LogP contribution in [0.4, 0.5) is 0 Å². The summed E-state index contributed by atoms with van der Waals surface area (Å²) in [5, 5.41) is 0. The molecule has 0 radical (unpaired) electrons. The fraction of sp³-hybridized carbons (Fsp3) is 0.294. The summed E-state index contributed by atoms with van der Waals surface area (Å²) in [6.07, 6.45) is 0. The number of ether oxygens (including phenoxy) is 2. The minimum absolute atomic E-state index is 0.0735. The molecule has 1 aromatic carbocycles. The molecule has 0 atom stereocenters. The summed E-state index contributed by atoms with van der Waals surface area (Å²) in [5.41, 5.74) is 3.35. The van der Waals surface area contributed by atoms with Crippen molar-refractivity contribution in [3.63, 3.8) is 0 Å². The number of carbonyl (C=O) groups is 1. The summed E-state index contributed by atoms with van der Waals surface area (Å²) in [5.74, 6) is 0.203. The smallest absolute Gasteiger partial charge is 0.344 e. The Balaban J connectivity index is 2.14. The van der Waals surface area contributed by atoms with Crippen molar-refractivity contribution < 1.29 is 14.3 Å². The Morgan fingerprint density at radius 2 is 1.86 bits per heavy atom. The second-order valence-electron chi connectivity index (χ2n) is 4.94. The standard InChI is InChI=1S/C17H19NO4/c1-4-21-16(19)10-22-14-7-5-13(6-8-14)15-9-11(2)17(20)18-12(15)3/h5-9H,4,10H2,1-3H3,(H,18,20). The van der Waals surface area contributed by atoms with Crippen molar-refractivity contribution in [2.45, 2.75) is 20.8 Å². The fourth-order valence-electron chi connectivity index (χ4n) is 2.10. The summed E-state index contributed by atoms with van der Waals surface area (Å²) in [4.78, 5) is 25.6. The first-order chi connectivity index (χ1) is 10.5. The van der Waals surface area contributed by atoms with Gasteiger partial charge in [0.25, 0.3) is 5.56 Å². The highest BCUT2D eigenvalue weighted by Gasteiger charge is 2.07. The van der Waals surface area contributed by atoms with Crippen LogP contribution in [0.25, 0.3) is 11.1 Å². The highest BCUT2D eigenvalue weighted by atomic mass is 16.6. The highest BCUT2D eigenvalue weighted by molar-refractivity contribution is 5.71. The molecule has 0 fully saturated rings. The molecule has 1 N–H and O–H groups in total. The Morgan fingerprint density at radius 1 is 1.18 bits per heavy atom. The Morgan fingerprint density at radius 3 is 2.50 bits per heavy atom. The molecular weight excluding hydrogens is 282 g/mol. The van der Waals surface area contributed by atoms with Crippen molar-refractivity contribution in [1.82, 2.24) is 4.98 Å². The normalized spacial score (nSPS) is 10.3. The number of nitrogens with one attached hydrogen (secondary N) is 1. The summed E-state index contributed by atoms with van der Waals surface area (Å²) in [7, 11) is 0. The SMILES string of the molecule is CCOC(=O)COc1ccc(-c2cc(C)c(=O)[nH]c2C)cc1. The predicted molar refractivity (Wildman–Crippen MR) is 84.1 cm³/mol. The maximum atomic E-state index is 11.6. The molecule has 0 aliphatic carbocycles. The van der Waals surface area contributed by atoms with E-state index in [1.807, 2.05) is 25.1 Å². The molecule has 2 rings (SSSR count). The third-order valence-corrected chi connectivity index (χ3v) is 3.25. The van der Waals surface area contributed by atoms with Gasteiger partial charge in [-0.05, 0) is 44.5 Å². The van der Waals surface area contributed by atoms with E-state index in [1.165, 1.54) is 0 Å². The number of aromatic nitrogens is 1. The number of aryl methyl sites for hydroxylation is 2. The van der Waals surface area contributed by atoms with Crippen molar-refractivity contribution >= 4 is 5.97 Å². The van der Waals surface area contributed by atoms with Gasteiger partial charge in [0.05, 0.1) is 6.61 Å². The zero-order valence-corrected chi connectivity index (χ0v) is 12.9. The number of esters is 1. The molecule has 2 aromatic rings. The molecule has 0 aliphatic rings. The lowest BCUT2D eigenvalue weighted by Gasteiger charge is -2.09. The Kier molecular flexibility index (Phi) is 4.99. The number of hydrogen-bond acceptors (Lipinski definition) is 4. The maximum absolute atomic E-state index is 11.6. The molecular formula is C17H19NO4. The van der Waals surface area contributed by atoms with E-state index in [9.17, 15) is 9.59 Å². The first-order valence-electron chi connectivity index (χ1n) is 7.10. The lowest BCUT2D eigenvalue weighted by Crippen LogP contribution is -2.14. The first-order valence-corrected chi connectivity index (χ1v) is 7.10. The number of pyridine rings is 1. The van der Waals surface area contributed by atoms with Gasteiger partial charge in [0.2, 0.25) is 0 Å². The number of carbonyl (C=O) groups excluding carboxylic acids is 1. The van der Waals surface area contributed by atoms with E-state index in [0.717, 1.165) is 16.8 Å². The van der Waals surface area contributed by atoms with Gasteiger partial charge >= 0.3 is 5.97 Å². The number of aromatic amines is 1. The van der Waals surface area contributed by atoms with Crippen molar-refractivity contribution in [2.24, 2.45) is 0 Å². The molecule has 5 nitrogen and oxygen atoms in total. The quantitative estimate of drug-likeness (QED) is 0.862. The van der Waals surface area contributed by atoms with Crippen LogP contribution >= 0.6 is 0 Å². The lowest BCUT2D eigenvalue weighted by molar-refractivity contribution is -0.145. The molecule has 0 amide bonds. The largest absolute Gasteiger partial charge is 0.482 e.